The molecule has 3 amide bonds. The van der Waals surface area contributed by atoms with Crippen molar-refractivity contribution in [3.63, 3.8) is 0 Å². The van der Waals surface area contributed by atoms with Gasteiger partial charge in [0.25, 0.3) is 5.91 Å². The fourth-order valence-corrected chi connectivity index (χ4v) is 3.51. The number of amides is 3. The molecule has 2 aliphatic heterocycles. The standard InChI is InChI=1S/C19H17BrN2O4/c1-19(9-13-4-7-15-16(8-13)26-11-25-15)17(23)22(18(24)21-19)10-12-2-5-14(20)6-3-12/h2-8H,9-11H2,1H3,(H,21,24)/t19-/m0/s1. The van der Waals surface area contributed by atoms with Crippen LogP contribution in [-0.2, 0) is 17.8 Å². The number of imide groups is 1. The highest BCUT2D eigenvalue weighted by atomic mass is 79.9. The van der Waals surface area contributed by atoms with Gasteiger partial charge in [-0.1, -0.05) is 34.1 Å². The average Bonchev–Trinajstić information content (AvgIpc) is 3.15. The number of halogens is 1. The molecule has 0 spiro atoms. The minimum Gasteiger partial charge on any atom is -0.454 e. The molecule has 134 valence electrons. The van der Waals surface area contributed by atoms with Gasteiger partial charge in [0.2, 0.25) is 6.79 Å². The monoisotopic (exact) mass is 416 g/mol. The normalized spacial score (nSPS) is 21.2. The third-order valence-electron chi connectivity index (χ3n) is 4.59. The van der Waals surface area contributed by atoms with Crippen LogP contribution in [0.1, 0.15) is 18.1 Å². The first-order valence-electron chi connectivity index (χ1n) is 8.22. The zero-order valence-electron chi connectivity index (χ0n) is 14.1. The van der Waals surface area contributed by atoms with E-state index in [1.807, 2.05) is 42.5 Å². The van der Waals surface area contributed by atoms with Crippen molar-refractivity contribution < 1.29 is 19.1 Å². The largest absolute Gasteiger partial charge is 0.454 e. The summed E-state index contributed by atoms with van der Waals surface area (Å²) in [7, 11) is 0. The summed E-state index contributed by atoms with van der Waals surface area (Å²) in [4.78, 5) is 26.6. The van der Waals surface area contributed by atoms with Crippen LogP contribution in [0.3, 0.4) is 0 Å². The summed E-state index contributed by atoms with van der Waals surface area (Å²) in [6.45, 7) is 2.20. The second kappa shape index (κ2) is 6.32. The van der Waals surface area contributed by atoms with Crippen LogP contribution in [0.15, 0.2) is 46.9 Å². The molecule has 2 heterocycles. The Hall–Kier alpha value is -2.54. The Morgan fingerprint density at radius 1 is 1.08 bits per heavy atom. The summed E-state index contributed by atoms with van der Waals surface area (Å²) < 4.78 is 11.6. The average molecular weight is 417 g/mol. The van der Waals surface area contributed by atoms with Crippen molar-refractivity contribution in [2.45, 2.75) is 25.4 Å². The van der Waals surface area contributed by atoms with Crippen LogP contribution in [0.4, 0.5) is 4.79 Å². The molecule has 0 aromatic heterocycles. The first-order valence-corrected chi connectivity index (χ1v) is 9.01. The number of ether oxygens (including phenoxy) is 2. The predicted molar refractivity (Wildman–Crippen MR) is 97.9 cm³/mol. The van der Waals surface area contributed by atoms with Gasteiger partial charge in [-0.15, -0.1) is 0 Å². The fourth-order valence-electron chi connectivity index (χ4n) is 3.24. The van der Waals surface area contributed by atoms with Gasteiger partial charge in [-0.05, 0) is 42.3 Å². The van der Waals surface area contributed by atoms with Gasteiger partial charge in [-0.3, -0.25) is 9.69 Å². The van der Waals surface area contributed by atoms with Crippen LogP contribution in [0, 0.1) is 0 Å². The summed E-state index contributed by atoms with van der Waals surface area (Å²) in [5.41, 5.74) is 0.806. The van der Waals surface area contributed by atoms with E-state index in [9.17, 15) is 9.59 Å². The zero-order chi connectivity index (χ0) is 18.3. The maximum absolute atomic E-state index is 12.9. The molecule has 1 N–H and O–H groups in total. The van der Waals surface area contributed by atoms with Crippen LogP contribution >= 0.6 is 15.9 Å². The molecule has 0 bridgehead atoms. The van der Waals surface area contributed by atoms with Gasteiger partial charge in [-0.25, -0.2) is 4.79 Å². The first-order chi connectivity index (χ1) is 12.4. The van der Waals surface area contributed by atoms with E-state index in [0.717, 1.165) is 15.6 Å². The smallest absolute Gasteiger partial charge is 0.325 e. The fraction of sp³-hybridized carbons (Fsp3) is 0.263. The van der Waals surface area contributed by atoms with E-state index in [1.54, 1.807) is 6.92 Å². The van der Waals surface area contributed by atoms with Crippen molar-refractivity contribution >= 4 is 27.9 Å². The van der Waals surface area contributed by atoms with Gasteiger partial charge < -0.3 is 14.8 Å². The molecule has 6 nitrogen and oxygen atoms in total. The van der Waals surface area contributed by atoms with Crippen molar-refractivity contribution in [2.24, 2.45) is 0 Å². The van der Waals surface area contributed by atoms with Gasteiger partial charge in [0.05, 0.1) is 6.54 Å². The highest BCUT2D eigenvalue weighted by Gasteiger charge is 2.47. The number of carbonyl (C=O) groups is 2. The second-order valence-corrected chi connectivity index (χ2v) is 7.56. The molecule has 2 aliphatic rings. The van der Waals surface area contributed by atoms with Gasteiger partial charge in [0.15, 0.2) is 11.5 Å². The quantitative estimate of drug-likeness (QED) is 0.776. The molecule has 26 heavy (non-hydrogen) atoms. The SMILES string of the molecule is C[C@@]1(Cc2ccc3c(c2)OCO3)NC(=O)N(Cc2ccc(Br)cc2)C1=O. The van der Waals surface area contributed by atoms with Gasteiger partial charge >= 0.3 is 6.03 Å². The summed E-state index contributed by atoms with van der Waals surface area (Å²) in [6.07, 6.45) is 0.380. The van der Waals surface area contributed by atoms with E-state index in [1.165, 1.54) is 4.90 Å². The molecule has 2 aromatic rings. The predicted octanol–water partition coefficient (Wildman–Crippen LogP) is 3.23. The van der Waals surface area contributed by atoms with Crippen molar-refractivity contribution in [1.29, 1.82) is 0 Å². The Labute approximate surface area is 159 Å². The Kier molecular flexibility index (Phi) is 4.11. The first kappa shape index (κ1) is 16.9. The molecule has 1 atom stereocenters. The van der Waals surface area contributed by atoms with Crippen LogP contribution in [0.5, 0.6) is 11.5 Å². The molecule has 4 rings (SSSR count). The van der Waals surface area contributed by atoms with Crippen molar-refractivity contribution in [1.82, 2.24) is 10.2 Å². The number of hydrogen-bond donors (Lipinski definition) is 1. The zero-order valence-corrected chi connectivity index (χ0v) is 15.7. The number of nitrogens with one attached hydrogen (secondary N) is 1. The number of hydrogen-bond acceptors (Lipinski definition) is 4. The summed E-state index contributed by atoms with van der Waals surface area (Å²) in [5.74, 6) is 1.12. The lowest BCUT2D eigenvalue weighted by Crippen LogP contribution is -2.45. The van der Waals surface area contributed by atoms with E-state index in [0.29, 0.717) is 17.9 Å². The minimum atomic E-state index is -0.986. The lowest BCUT2D eigenvalue weighted by Gasteiger charge is -2.22. The lowest BCUT2D eigenvalue weighted by molar-refractivity contribution is -0.131. The van der Waals surface area contributed by atoms with E-state index in [2.05, 4.69) is 21.2 Å². The van der Waals surface area contributed by atoms with Gasteiger partial charge in [0.1, 0.15) is 5.54 Å². The minimum absolute atomic E-state index is 0.201. The molecule has 1 fully saturated rings. The maximum Gasteiger partial charge on any atom is 0.325 e. The molecule has 0 aliphatic carbocycles. The van der Waals surface area contributed by atoms with Crippen molar-refractivity contribution in [2.75, 3.05) is 6.79 Å². The van der Waals surface area contributed by atoms with Gasteiger partial charge in [-0.2, -0.15) is 0 Å². The van der Waals surface area contributed by atoms with Crippen LogP contribution in [-0.4, -0.2) is 29.2 Å². The van der Waals surface area contributed by atoms with Crippen molar-refractivity contribution in [3.8, 4) is 11.5 Å². The van der Waals surface area contributed by atoms with Crippen LogP contribution < -0.4 is 14.8 Å². The topological polar surface area (TPSA) is 67.9 Å². The number of urea groups is 1. The number of benzene rings is 2. The molecular formula is C19H17BrN2O4. The molecule has 0 radical (unpaired) electrons. The third-order valence-corrected chi connectivity index (χ3v) is 5.12. The number of carbonyl (C=O) groups excluding carboxylic acids is 2. The molecule has 0 saturated carbocycles. The summed E-state index contributed by atoms with van der Waals surface area (Å²) >= 11 is 3.38. The highest BCUT2D eigenvalue weighted by Crippen LogP contribution is 2.34. The number of nitrogens with zero attached hydrogens (tertiary/aromatic N) is 1. The maximum atomic E-state index is 12.9. The Bertz CT molecular complexity index is 884. The number of fused-ring (bicyclic) bond motifs is 1. The summed E-state index contributed by atoms with van der Waals surface area (Å²) in [5, 5.41) is 2.83. The van der Waals surface area contributed by atoms with Crippen molar-refractivity contribution in [3.05, 3.63) is 58.1 Å². The van der Waals surface area contributed by atoms with E-state index >= 15 is 0 Å². The molecule has 0 unspecified atom stereocenters. The molecule has 2 aromatic carbocycles. The van der Waals surface area contributed by atoms with Gasteiger partial charge in [0, 0.05) is 10.9 Å². The van der Waals surface area contributed by atoms with Crippen LogP contribution in [0.2, 0.25) is 0 Å². The van der Waals surface area contributed by atoms with E-state index in [-0.39, 0.29) is 25.3 Å². The highest BCUT2D eigenvalue weighted by molar-refractivity contribution is 9.10. The second-order valence-electron chi connectivity index (χ2n) is 6.64. The third kappa shape index (κ3) is 3.03. The lowest BCUT2D eigenvalue weighted by atomic mass is 9.92. The van der Waals surface area contributed by atoms with E-state index < -0.39 is 5.54 Å². The molecule has 7 heteroatoms. The molecular weight excluding hydrogens is 400 g/mol. The Morgan fingerprint density at radius 3 is 2.54 bits per heavy atom. The number of rotatable bonds is 4. The van der Waals surface area contributed by atoms with Crippen LogP contribution in [0.25, 0.3) is 0 Å². The molecule has 1 saturated heterocycles. The Morgan fingerprint density at radius 2 is 1.77 bits per heavy atom. The Balaban J connectivity index is 1.52. The summed E-state index contributed by atoms with van der Waals surface area (Å²) in [6, 6.07) is 12.7. The van der Waals surface area contributed by atoms with E-state index in [4.69, 9.17) is 9.47 Å².